The van der Waals surface area contributed by atoms with Gasteiger partial charge in [0, 0.05) is 11.6 Å². The van der Waals surface area contributed by atoms with Crippen molar-refractivity contribution < 1.29 is 24.2 Å². The number of carbonyl (C=O) groups excluding carboxylic acids is 2. The number of halogens is 2. The van der Waals surface area contributed by atoms with Gasteiger partial charge in [-0.15, -0.1) is 0 Å². The Labute approximate surface area is 213 Å². The molecular formula is C27H23Cl2NO5. The summed E-state index contributed by atoms with van der Waals surface area (Å²) in [5.41, 5.74) is 2.45. The summed E-state index contributed by atoms with van der Waals surface area (Å²) >= 11 is 12.5. The maximum atomic E-state index is 13.3. The Morgan fingerprint density at radius 3 is 2.43 bits per heavy atom. The van der Waals surface area contributed by atoms with Crippen molar-refractivity contribution in [2.45, 2.75) is 19.5 Å². The first-order valence-electron chi connectivity index (χ1n) is 10.8. The smallest absolute Gasteiger partial charge is 0.295 e. The number of carbonyl (C=O) groups is 2. The summed E-state index contributed by atoms with van der Waals surface area (Å²) in [5.74, 6) is -1.17. The fraction of sp³-hybridized carbons (Fsp3) is 0.185. The van der Waals surface area contributed by atoms with Gasteiger partial charge in [-0.05, 0) is 42.3 Å². The molecule has 1 saturated heterocycles. The second kappa shape index (κ2) is 10.0. The Morgan fingerprint density at radius 2 is 1.74 bits per heavy atom. The van der Waals surface area contributed by atoms with E-state index < -0.39 is 23.5 Å². The molecule has 180 valence electrons. The van der Waals surface area contributed by atoms with E-state index in [1.54, 1.807) is 19.2 Å². The number of amides is 1. The second-order valence-electron chi connectivity index (χ2n) is 8.16. The SMILES string of the molecule is COc1cccc(CN2C(=O)C(=O)/C(=C(/O)c3cc(Cl)cc(Cl)c3OC)C2c2cccc(C)c2)c1. The highest BCUT2D eigenvalue weighted by molar-refractivity contribution is 6.46. The molecule has 1 atom stereocenters. The fourth-order valence-corrected chi connectivity index (χ4v) is 4.86. The van der Waals surface area contributed by atoms with Crippen LogP contribution < -0.4 is 9.47 Å². The van der Waals surface area contributed by atoms with Crippen LogP contribution in [0.15, 0.2) is 66.2 Å². The number of likely N-dealkylation sites (tertiary alicyclic amines) is 1. The van der Waals surface area contributed by atoms with Crippen molar-refractivity contribution in [2.75, 3.05) is 14.2 Å². The lowest BCUT2D eigenvalue weighted by molar-refractivity contribution is -0.140. The zero-order chi connectivity index (χ0) is 25.3. The molecule has 0 spiro atoms. The van der Waals surface area contributed by atoms with Crippen molar-refractivity contribution in [1.29, 1.82) is 0 Å². The molecule has 1 aliphatic heterocycles. The molecular weight excluding hydrogens is 489 g/mol. The predicted molar refractivity (Wildman–Crippen MR) is 135 cm³/mol. The number of nitrogens with zero attached hydrogens (tertiary/aromatic N) is 1. The molecule has 0 aliphatic carbocycles. The van der Waals surface area contributed by atoms with Crippen LogP contribution in [0.25, 0.3) is 5.76 Å². The number of rotatable bonds is 6. The summed E-state index contributed by atoms with van der Waals surface area (Å²) in [6.07, 6.45) is 0. The normalized spacial score (nSPS) is 17.1. The molecule has 35 heavy (non-hydrogen) atoms. The Balaban J connectivity index is 1.92. The van der Waals surface area contributed by atoms with E-state index in [4.69, 9.17) is 32.7 Å². The molecule has 4 rings (SSSR count). The van der Waals surface area contributed by atoms with Crippen molar-refractivity contribution in [1.82, 2.24) is 4.90 Å². The van der Waals surface area contributed by atoms with Gasteiger partial charge in [-0.25, -0.2) is 0 Å². The van der Waals surface area contributed by atoms with Gasteiger partial charge in [0.2, 0.25) is 0 Å². The summed E-state index contributed by atoms with van der Waals surface area (Å²) in [6, 6.07) is 16.8. The highest BCUT2D eigenvalue weighted by Crippen LogP contribution is 2.44. The number of hydrogen-bond acceptors (Lipinski definition) is 5. The number of ether oxygens (including phenoxy) is 2. The molecule has 1 fully saturated rings. The summed E-state index contributed by atoms with van der Waals surface area (Å²) in [5, 5.41) is 11.8. The first kappa shape index (κ1) is 24.6. The molecule has 1 aliphatic rings. The lowest BCUT2D eigenvalue weighted by Gasteiger charge is -2.26. The number of aliphatic hydroxyl groups is 1. The van der Waals surface area contributed by atoms with Crippen LogP contribution in [0.1, 0.15) is 28.3 Å². The van der Waals surface area contributed by atoms with Gasteiger partial charge in [-0.2, -0.15) is 0 Å². The van der Waals surface area contributed by atoms with Gasteiger partial charge in [-0.3, -0.25) is 9.59 Å². The summed E-state index contributed by atoms with van der Waals surface area (Å²) < 4.78 is 10.7. The summed E-state index contributed by atoms with van der Waals surface area (Å²) in [6.45, 7) is 2.04. The average Bonchev–Trinajstić information content (AvgIpc) is 3.08. The van der Waals surface area contributed by atoms with Gasteiger partial charge in [0.05, 0.1) is 36.4 Å². The Bertz CT molecular complexity index is 1350. The minimum Gasteiger partial charge on any atom is -0.507 e. The maximum Gasteiger partial charge on any atom is 0.295 e. The van der Waals surface area contributed by atoms with Crippen molar-refractivity contribution in [3.05, 3.63) is 98.5 Å². The molecule has 1 N–H and O–H groups in total. The van der Waals surface area contributed by atoms with Gasteiger partial charge in [-0.1, -0.05) is 65.2 Å². The maximum absolute atomic E-state index is 13.3. The van der Waals surface area contributed by atoms with Gasteiger partial charge < -0.3 is 19.5 Å². The molecule has 1 amide bonds. The molecule has 0 aromatic heterocycles. The van der Waals surface area contributed by atoms with Crippen LogP contribution in [0.4, 0.5) is 0 Å². The zero-order valence-corrected chi connectivity index (χ0v) is 20.9. The van der Waals surface area contributed by atoms with Crippen LogP contribution >= 0.6 is 23.2 Å². The van der Waals surface area contributed by atoms with Crippen molar-refractivity contribution in [3.8, 4) is 11.5 Å². The summed E-state index contributed by atoms with van der Waals surface area (Å²) in [7, 11) is 2.95. The molecule has 1 unspecified atom stereocenters. The minimum atomic E-state index is -0.844. The van der Waals surface area contributed by atoms with E-state index in [0.29, 0.717) is 11.3 Å². The third kappa shape index (κ3) is 4.72. The van der Waals surface area contributed by atoms with Crippen LogP contribution in [-0.2, 0) is 16.1 Å². The number of benzene rings is 3. The third-order valence-corrected chi connectivity index (χ3v) is 6.35. The average molecular weight is 512 g/mol. The van der Waals surface area contributed by atoms with E-state index in [-0.39, 0.29) is 33.5 Å². The van der Waals surface area contributed by atoms with Crippen molar-refractivity contribution >= 4 is 40.7 Å². The first-order valence-corrected chi connectivity index (χ1v) is 11.5. The Kier molecular flexibility index (Phi) is 7.05. The van der Waals surface area contributed by atoms with Crippen LogP contribution in [0.2, 0.25) is 10.0 Å². The van der Waals surface area contributed by atoms with Crippen LogP contribution in [0, 0.1) is 6.92 Å². The molecule has 1 heterocycles. The van der Waals surface area contributed by atoms with Gasteiger partial charge >= 0.3 is 0 Å². The standard InChI is InChI=1S/C27H23Cl2NO5/c1-15-6-4-8-17(10-15)23-22(24(31)20-12-18(28)13-21(29)26(20)35-3)25(32)27(33)30(23)14-16-7-5-9-19(11-16)34-2/h4-13,23,31H,14H2,1-3H3/b24-22+. The molecule has 0 bridgehead atoms. The number of aryl methyl sites for hydroxylation is 1. The van der Waals surface area contributed by atoms with E-state index in [9.17, 15) is 14.7 Å². The monoisotopic (exact) mass is 511 g/mol. The lowest BCUT2D eigenvalue weighted by atomic mass is 9.94. The van der Waals surface area contributed by atoms with E-state index in [0.717, 1.165) is 11.1 Å². The summed E-state index contributed by atoms with van der Waals surface area (Å²) in [4.78, 5) is 28.1. The molecule has 3 aromatic carbocycles. The lowest BCUT2D eigenvalue weighted by Crippen LogP contribution is -2.29. The molecule has 8 heteroatoms. The molecule has 0 saturated carbocycles. The van der Waals surface area contributed by atoms with Gasteiger partial charge in [0.1, 0.15) is 17.3 Å². The zero-order valence-electron chi connectivity index (χ0n) is 19.3. The van der Waals surface area contributed by atoms with E-state index >= 15 is 0 Å². The number of aliphatic hydroxyl groups excluding tert-OH is 1. The second-order valence-corrected chi connectivity index (χ2v) is 9.00. The highest BCUT2D eigenvalue weighted by Gasteiger charge is 2.46. The van der Waals surface area contributed by atoms with E-state index in [1.807, 2.05) is 43.3 Å². The number of methoxy groups -OCH3 is 2. The largest absolute Gasteiger partial charge is 0.507 e. The number of hydrogen-bond donors (Lipinski definition) is 1. The Hall–Kier alpha value is -3.48. The number of Topliss-reactive ketones (excluding diaryl/α,β-unsaturated/α-hetero) is 1. The molecule has 0 radical (unpaired) electrons. The van der Waals surface area contributed by atoms with Crippen molar-refractivity contribution in [3.63, 3.8) is 0 Å². The van der Waals surface area contributed by atoms with Gasteiger partial charge in [0.25, 0.3) is 11.7 Å². The predicted octanol–water partition coefficient (Wildman–Crippen LogP) is 5.94. The van der Waals surface area contributed by atoms with E-state index in [1.165, 1.54) is 24.1 Å². The third-order valence-electron chi connectivity index (χ3n) is 5.85. The van der Waals surface area contributed by atoms with E-state index in [2.05, 4.69) is 0 Å². The topological polar surface area (TPSA) is 76.1 Å². The fourth-order valence-electron chi connectivity index (χ4n) is 4.29. The van der Waals surface area contributed by atoms with Crippen molar-refractivity contribution in [2.24, 2.45) is 0 Å². The molecule has 6 nitrogen and oxygen atoms in total. The molecule has 3 aromatic rings. The quantitative estimate of drug-likeness (QED) is 0.251. The van der Waals surface area contributed by atoms with Crippen LogP contribution in [-0.4, -0.2) is 35.9 Å². The number of ketones is 1. The van der Waals surface area contributed by atoms with Crippen LogP contribution in [0.3, 0.4) is 0 Å². The highest BCUT2D eigenvalue weighted by atomic mass is 35.5. The minimum absolute atomic E-state index is 0.0693. The van der Waals surface area contributed by atoms with Gasteiger partial charge in [0.15, 0.2) is 0 Å². The first-order chi connectivity index (χ1) is 16.7. The Morgan fingerprint density at radius 1 is 1.00 bits per heavy atom. The van der Waals surface area contributed by atoms with Crippen LogP contribution in [0.5, 0.6) is 11.5 Å².